The van der Waals surface area contributed by atoms with Crippen molar-refractivity contribution in [3.8, 4) is 0 Å². The Morgan fingerprint density at radius 3 is 2.46 bits per heavy atom. The fraction of sp³-hybridized carbons (Fsp3) is 0.500. The van der Waals surface area contributed by atoms with Crippen LogP contribution in [0.25, 0.3) is 0 Å². The van der Waals surface area contributed by atoms with E-state index in [1.807, 2.05) is 27.7 Å². The molecular weight excluding hydrogens is 166 g/mol. The van der Waals surface area contributed by atoms with Gasteiger partial charge < -0.3 is 9.73 Å². The molecule has 0 aliphatic carbocycles. The highest BCUT2D eigenvalue weighted by Crippen LogP contribution is 2.12. The maximum atomic E-state index is 11.4. The van der Waals surface area contributed by atoms with Crippen LogP contribution in [0.15, 0.2) is 10.5 Å². The lowest BCUT2D eigenvalue weighted by molar-refractivity contribution is 0.0914. The zero-order chi connectivity index (χ0) is 10.0. The molecule has 0 radical (unpaired) electrons. The Morgan fingerprint density at radius 2 is 2.08 bits per heavy atom. The van der Waals surface area contributed by atoms with Gasteiger partial charge in [-0.1, -0.05) is 0 Å². The van der Waals surface area contributed by atoms with E-state index in [4.69, 9.17) is 4.42 Å². The lowest BCUT2D eigenvalue weighted by Gasteiger charge is -2.04. The molecule has 1 heterocycles. The van der Waals surface area contributed by atoms with Crippen molar-refractivity contribution in [3.05, 3.63) is 23.2 Å². The summed E-state index contributed by atoms with van der Waals surface area (Å²) in [4.78, 5) is 11.4. The maximum Gasteiger partial charge on any atom is 0.287 e. The molecule has 0 spiro atoms. The third-order valence-corrected chi connectivity index (χ3v) is 1.81. The van der Waals surface area contributed by atoms with Crippen molar-refractivity contribution >= 4 is 5.91 Å². The first-order chi connectivity index (χ1) is 6.00. The molecule has 0 fully saturated rings. The molecule has 1 N–H and O–H groups in total. The normalized spacial score (nSPS) is 10.5. The van der Waals surface area contributed by atoms with Gasteiger partial charge >= 0.3 is 0 Å². The second-order valence-electron chi connectivity index (χ2n) is 3.48. The lowest BCUT2D eigenvalue weighted by atomic mass is 10.3. The monoisotopic (exact) mass is 181 g/mol. The maximum absolute atomic E-state index is 11.4. The van der Waals surface area contributed by atoms with Gasteiger partial charge in [0, 0.05) is 6.04 Å². The van der Waals surface area contributed by atoms with Gasteiger partial charge in [-0.3, -0.25) is 4.79 Å². The highest BCUT2D eigenvalue weighted by molar-refractivity contribution is 5.91. The van der Waals surface area contributed by atoms with E-state index < -0.39 is 0 Å². The van der Waals surface area contributed by atoms with Gasteiger partial charge in [-0.25, -0.2) is 0 Å². The third kappa shape index (κ3) is 2.34. The molecule has 0 aliphatic heterocycles. The topological polar surface area (TPSA) is 42.2 Å². The SMILES string of the molecule is Cc1cc(C(=O)NC(C)C)oc1C. The van der Waals surface area contributed by atoms with Crippen molar-refractivity contribution in [1.82, 2.24) is 5.32 Å². The molecule has 1 aromatic rings. The Labute approximate surface area is 78.1 Å². The van der Waals surface area contributed by atoms with Gasteiger partial charge in [0.25, 0.3) is 5.91 Å². The number of furan rings is 1. The van der Waals surface area contributed by atoms with Crippen LogP contribution in [0.2, 0.25) is 0 Å². The van der Waals surface area contributed by atoms with Crippen molar-refractivity contribution in [1.29, 1.82) is 0 Å². The van der Waals surface area contributed by atoms with Crippen molar-refractivity contribution < 1.29 is 9.21 Å². The van der Waals surface area contributed by atoms with Gasteiger partial charge in [0.1, 0.15) is 5.76 Å². The van der Waals surface area contributed by atoms with Gasteiger partial charge in [-0.15, -0.1) is 0 Å². The van der Waals surface area contributed by atoms with Crippen LogP contribution in [-0.4, -0.2) is 11.9 Å². The van der Waals surface area contributed by atoms with Gasteiger partial charge in [-0.2, -0.15) is 0 Å². The minimum Gasteiger partial charge on any atom is -0.456 e. The van der Waals surface area contributed by atoms with E-state index in [-0.39, 0.29) is 11.9 Å². The summed E-state index contributed by atoms with van der Waals surface area (Å²) in [5, 5.41) is 2.77. The van der Waals surface area contributed by atoms with Crippen LogP contribution in [0, 0.1) is 13.8 Å². The number of aryl methyl sites for hydroxylation is 2. The molecule has 0 unspecified atom stereocenters. The summed E-state index contributed by atoms with van der Waals surface area (Å²) < 4.78 is 5.26. The van der Waals surface area contributed by atoms with Crippen molar-refractivity contribution in [2.24, 2.45) is 0 Å². The molecular formula is C10H15NO2. The summed E-state index contributed by atoms with van der Waals surface area (Å²) in [6, 6.07) is 1.89. The molecule has 0 saturated heterocycles. The summed E-state index contributed by atoms with van der Waals surface area (Å²) in [5.41, 5.74) is 1.01. The number of nitrogens with one attached hydrogen (secondary N) is 1. The Balaban J connectivity index is 2.77. The molecule has 72 valence electrons. The Bertz CT molecular complexity index is 293. The van der Waals surface area contributed by atoms with Crippen molar-refractivity contribution in [2.75, 3.05) is 0 Å². The summed E-state index contributed by atoms with van der Waals surface area (Å²) in [6.45, 7) is 7.60. The molecule has 0 aromatic carbocycles. The first kappa shape index (κ1) is 9.84. The zero-order valence-electron chi connectivity index (χ0n) is 8.47. The third-order valence-electron chi connectivity index (χ3n) is 1.81. The van der Waals surface area contributed by atoms with Crippen molar-refractivity contribution in [3.63, 3.8) is 0 Å². The molecule has 3 nitrogen and oxygen atoms in total. The predicted octanol–water partition coefficient (Wildman–Crippen LogP) is 2.03. The molecule has 0 bridgehead atoms. The number of rotatable bonds is 2. The Hall–Kier alpha value is -1.25. The first-order valence-electron chi connectivity index (χ1n) is 4.38. The van der Waals surface area contributed by atoms with Crippen LogP contribution < -0.4 is 5.32 Å². The van der Waals surface area contributed by atoms with Crippen LogP contribution in [0.3, 0.4) is 0 Å². The van der Waals surface area contributed by atoms with Crippen LogP contribution >= 0.6 is 0 Å². The minimum atomic E-state index is -0.147. The molecule has 1 amide bonds. The molecule has 0 atom stereocenters. The fourth-order valence-electron chi connectivity index (χ4n) is 1.02. The Morgan fingerprint density at radius 1 is 1.46 bits per heavy atom. The van der Waals surface area contributed by atoms with Crippen molar-refractivity contribution in [2.45, 2.75) is 33.7 Å². The zero-order valence-corrected chi connectivity index (χ0v) is 8.47. The fourth-order valence-corrected chi connectivity index (χ4v) is 1.02. The number of carbonyl (C=O) groups excluding carboxylic acids is 1. The largest absolute Gasteiger partial charge is 0.456 e. The number of carbonyl (C=O) groups is 1. The first-order valence-corrected chi connectivity index (χ1v) is 4.38. The van der Waals surface area contributed by atoms with Crippen LogP contribution in [0.4, 0.5) is 0 Å². The highest BCUT2D eigenvalue weighted by atomic mass is 16.3. The van der Waals surface area contributed by atoms with E-state index in [0.29, 0.717) is 5.76 Å². The average molecular weight is 181 g/mol. The standard InChI is InChI=1S/C10H15NO2/c1-6(2)11-10(12)9-5-7(3)8(4)13-9/h5-6H,1-4H3,(H,11,12). The quantitative estimate of drug-likeness (QED) is 0.758. The molecule has 1 aromatic heterocycles. The molecule has 1 rings (SSSR count). The molecule has 13 heavy (non-hydrogen) atoms. The average Bonchev–Trinajstić information content (AvgIpc) is 2.31. The summed E-state index contributed by atoms with van der Waals surface area (Å²) >= 11 is 0. The van der Waals surface area contributed by atoms with Crippen LogP contribution in [0.1, 0.15) is 35.7 Å². The number of hydrogen-bond donors (Lipinski definition) is 1. The second kappa shape index (κ2) is 3.64. The summed E-state index contributed by atoms with van der Waals surface area (Å²) in [7, 11) is 0. The van der Waals surface area contributed by atoms with Gasteiger partial charge in [-0.05, 0) is 39.3 Å². The van der Waals surface area contributed by atoms with E-state index >= 15 is 0 Å². The lowest BCUT2D eigenvalue weighted by Crippen LogP contribution is -2.29. The van der Waals surface area contributed by atoms with E-state index in [1.54, 1.807) is 6.07 Å². The van der Waals surface area contributed by atoms with Crippen LogP contribution in [0.5, 0.6) is 0 Å². The van der Waals surface area contributed by atoms with E-state index in [0.717, 1.165) is 11.3 Å². The number of hydrogen-bond acceptors (Lipinski definition) is 2. The van der Waals surface area contributed by atoms with Gasteiger partial charge in [0.2, 0.25) is 0 Å². The molecule has 0 aliphatic rings. The predicted molar refractivity (Wildman–Crippen MR) is 50.8 cm³/mol. The second-order valence-corrected chi connectivity index (χ2v) is 3.48. The summed E-state index contributed by atoms with van der Waals surface area (Å²) in [6.07, 6.45) is 0. The molecule has 3 heteroatoms. The molecule has 0 saturated carbocycles. The van der Waals surface area contributed by atoms with Crippen LogP contribution in [-0.2, 0) is 0 Å². The number of amides is 1. The summed E-state index contributed by atoms with van der Waals surface area (Å²) in [5.74, 6) is 1.05. The Kier molecular flexibility index (Phi) is 2.76. The van der Waals surface area contributed by atoms with E-state index in [9.17, 15) is 4.79 Å². The van der Waals surface area contributed by atoms with E-state index in [1.165, 1.54) is 0 Å². The van der Waals surface area contributed by atoms with E-state index in [2.05, 4.69) is 5.32 Å². The van der Waals surface area contributed by atoms with Gasteiger partial charge in [0.15, 0.2) is 5.76 Å². The van der Waals surface area contributed by atoms with Gasteiger partial charge in [0.05, 0.1) is 0 Å². The minimum absolute atomic E-state index is 0.137. The smallest absolute Gasteiger partial charge is 0.287 e. The highest BCUT2D eigenvalue weighted by Gasteiger charge is 2.12.